The van der Waals surface area contributed by atoms with Crippen LogP contribution in [-0.4, -0.2) is 0 Å². The Morgan fingerprint density at radius 1 is 1.05 bits per heavy atom. The van der Waals surface area contributed by atoms with Crippen molar-refractivity contribution in [2.45, 2.75) is 19.8 Å². The number of rotatable bonds is 1. The number of nitrogens with one attached hydrogen (secondary N) is 1. The largest absolute Gasteiger partial charge is 0.354 e. The average Bonchev–Trinajstić information content (AvgIpc) is 2.74. The summed E-state index contributed by atoms with van der Waals surface area (Å²) in [5.74, 6) is 0.634. The Morgan fingerprint density at radius 3 is 2.86 bits per heavy atom. The standard InChI is InChI=1S/C20H19N/c1-2-14-7-5-9-19-17(14)13-12-16-11-10-15-6-3-4-8-18(15)20(16)21-19/h3-6,8-14,21H,2,7H2,1H3. The number of hydrogen-bond acceptors (Lipinski definition) is 1. The predicted molar refractivity (Wildman–Crippen MR) is 91.2 cm³/mol. The van der Waals surface area contributed by atoms with Crippen LogP contribution in [-0.2, 0) is 0 Å². The highest BCUT2D eigenvalue weighted by Crippen LogP contribution is 2.37. The number of hydrogen-bond donors (Lipinski definition) is 1. The van der Waals surface area contributed by atoms with E-state index >= 15 is 0 Å². The van der Waals surface area contributed by atoms with Gasteiger partial charge in [-0.25, -0.2) is 0 Å². The number of anilines is 1. The van der Waals surface area contributed by atoms with Crippen molar-refractivity contribution in [2.24, 2.45) is 5.92 Å². The van der Waals surface area contributed by atoms with Gasteiger partial charge in [0.05, 0.1) is 5.69 Å². The fourth-order valence-electron chi connectivity index (χ4n) is 3.40. The molecule has 4 rings (SSSR count). The Labute approximate surface area is 125 Å². The van der Waals surface area contributed by atoms with Crippen LogP contribution < -0.4 is 5.32 Å². The SMILES string of the molecule is CCC1CC=CC2=C1C=Cc1ccc3ccccc3c1N2. The summed E-state index contributed by atoms with van der Waals surface area (Å²) in [6.07, 6.45) is 11.4. The van der Waals surface area contributed by atoms with Crippen LogP contribution in [0.5, 0.6) is 0 Å². The number of fused-ring (bicyclic) bond motifs is 3. The molecule has 0 saturated carbocycles. The Bertz CT molecular complexity index is 793. The van der Waals surface area contributed by atoms with Crippen molar-refractivity contribution in [2.75, 3.05) is 5.32 Å². The van der Waals surface area contributed by atoms with Gasteiger partial charge in [-0.2, -0.15) is 0 Å². The van der Waals surface area contributed by atoms with E-state index in [0.29, 0.717) is 5.92 Å². The van der Waals surface area contributed by atoms with E-state index in [0.717, 1.165) is 6.42 Å². The highest BCUT2D eigenvalue weighted by atomic mass is 14.9. The molecule has 1 heteroatoms. The van der Waals surface area contributed by atoms with E-state index in [1.165, 1.54) is 39.7 Å². The molecule has 1 atom stereocenters. The Kier molecular flexibility index (Phi) is 2.92. The Morgan fingerprint density at radius 2 is 1.95 bits per heavy atom. The summed E-state index contributed by atoms with van der Waals surface area (Å²) in [5, 5.41) is 6.28. The van der Waals surface area contributed by atoms with Gasteiger partial charge in [0.2, 0.25) is 0 Å². The molecule has 0 saturated heterocycles. The molecule has 2 aromatic rings. The predicted octanol–water partition coefficient (Wildman–Crippen LogP) is 5.52. The van der Waals surface area contributed by atoms with E-state index in [1.807, 2.05) is 0 Å². The normalized spacial score (nSPS) is 20.0. The molecule has 0 radical (unpaired) electrons. The zero-order valence-corrected chi connectivity index (χ0v) is 12.3. The summed E-state index contributed by atoms with van der Waals surface area (Å²) in [7, 11) is 0. The van der Waals surface area contributed by atoms with Crippen molar-refractivity contribution in [3.8, 4) is 0 Å². The fourth-order valence-corrected chi connectivity index (χ4v) is 3.40. The molecule has 0 bridgehead atoms. The molecule has 1 heterocycles. The van der Waals surface area contributed by atoms with Gasteiger partial charge in [-0.1, -0.05) is 61.5 Å². The third-order valence-corrected chi connectivity index (χ3v) is 4.61. The van der Waals surface area contributed by atoms with Crippen LogP contribution in [0.3, 0.4) is 0 Å². The molecule has 1 nitrogen and oxygen atoms in total. The van der Waals surface area contributed by atoms with Crippen LogP contribution in [0, 0.1) is 5.92 Å². The molecule has 1 aliphatic carbocycles. The van der Waals surface area contributed by atoms with Gasteiger partial charge in [-0.3, -0.25) is 0 Å². The molecular weight excluding hydrogens is 254 g/mol. The van der Waals surface area contributed by atoms with Gasteiger partial charge in [0.25, 0.3) is 0 Å². The second kappa shape index (κ2) is 4.92. The van der Waals surface area contributed by atoms with Crippen molar-refractivity contribution in [3.05, 3.63) is 71.5 Å². The topological polar surface area (TPSA) is 12.0 Å². The summed E-state index contributed by atoms with van der Waals surface area (Å²) in [6, 6.07) is 13.0. The first-order valence-electron chi connectivity index (χ1n) is 7.74. The van der Waals surface area contributed by atoms with Crippen molar-refractivity contribution in [3.63, 3.8) is 0 Å². The molecule has 0 fully saturated rings. The molecular formula is C20H19N. The van der Waals surface area contributed by atoms with Crippen LogP contribution in [0.4, 0.5) is 5.69 Å². The molecule has 0 aromatic heterocycles. The average molecular weight is 273 g/mol. The van der Waals surface area contributed by atoms with Crippen molar-refractivity contribution in [1.82, 2.24) is 0 Å². The zero-order valence-electron chi connectivity index (χ0n) is 12.3. The first kappa shape index (κ1) is 12.5. The molecule has 2 aromatic carbocycles. The molecule has 2 aliphatic rings. The van der Waals surface area contributed by atoms with Gasteiger partial charge in [-0.05, 0) is 41.4 Å². The van der Waals surface area contributed by atoms with Gasteiger partial charge in [0, 0.05) is 11.1 Å². The quantitative estimate of drug-likeness (QED) is 0.721. The van der Waals surface area contributed by atoms with Crippen molar-refractivity contribution in [1.29, 1.82) is 0 Å². The lowest BCUT2D eigenvalue weighted by molar-refractivity contribution is 0.603. The van der Waals surface area contributed by atoms with Gasteiger partial charge < -0.3 is 5.32 Å². The minimum Gasteiger partial charge on any atom is -0.354 e. The molecule has 1 aliphatic heterocycles. The van der Waals surface area contributed by atoms with Crippen LogP contribution in [0.2, 0.25) is 0 Å². The summed E-state index contributed by atoms with van der Waals surface area (Å²) in [5.41, 5.74) is 5.21. The van der Waals surface area contributed by atoms with Crippen LogP contribution in [0.15, 0.2) is 65.9 Å². The third-order valence-electron chi connectivity index (χ3n) is 4.61. The van der Waals surface area contributed by atoms with Gasteiger partial charge in [0.1, 0.15) is 0 Å². The maximum atomic E-state index is 3.70. The highest BCUT2D eigenvalue weighted by Gasteiger charge is 2.20. The summed E-state index contributed by atoms with van der Waals surface area (Å²) in [4.78, 5) is 0. The van der Waals surface area contributed by atoms with Crippen molar-refractivity contribution >= 4 is 22.5 Å². The lowest BCUT2D eigenvalue weighted by Crippen LogP contribution is -2.11. The maximum absolute atomic E-state index is 3.70. The van der Waals surface area contributed by atoms with E-state index in [-0.39, 0.29) is 0 Å². The lowest BCUT2D eigenvalue weighted by atomic mass is 9.87. The van der Waals surface area contributed by atoms with E-state index in [1.54, 1.807) is 0 Å². The zero-order chi connectivity index (χ0) is 14.2. The fraction of sp³-hybridized carbons (Fsp3) is 0.200. The highest BCUT2D eigenvalue weighted by molar-refractivity contribution is 5.99. The van der Waals surface area contributed by atoms with Gasteiger partial charge >= 0.3 is 0 Å². The first-order chi connectivity index (χ1) is 10.4. The van der Waals surface area contributed by atoms with Gasteiger partial charge in [-0.15, -0.1) is 0 Å². The maximum Gasteiger partial charge on any atom is 0.0537 e. The Balaban J connectivity index is 1.91. The molecule has 104 valence electrons. The minimum atomic E-state index is 0.634. The monoisotopic (exact) mass is 273 g/mol. The van der Waals surface area contributed by atoms with E-state index in [4.69, 9.17) is 0 Å². The number of benzene rings is 2. The second-order valence-electron chi connectivity index (χ2n) is 5.82. The molecule has 0 spiro atoms. The molecule has 1 unspecified atom stereocenters. The van der Waals surface area contributed by atoms with Crippen LogP contribution in [0.25, 0.3) is 16.8 Å². The first-order valence-corrected chi connectivity index (χ1v) is 7.74. The van der Waals surface area contributed by atoms with Gasteiger partial charge in [0.15, 0.2) is 0 Å². The van der Waals surface area contributed by atoms with E-state index in [9.17, 15) is 0 Å². The third kappa shape index (κ3) is 2.01. The molecule has 1 N–H and O–H groups in total. The Hall–Kier alpha value is -2.28. The van der Waals surface area contributed by atoms with Crippen LogP contribution in [0.1, 0.15) is 25.3 Å². The second-order valence-corrected chi connectivity index (χ2v) is 5.82. The molecule has 21 heavy (non-hydrogen) atoms. The van der Waals surface area contributed by atoms with Crippen molar-refractivity contribution < 1.29 is 0 Å². The number of allylic oxidation sites excluding steroid dienone is 4. The van der Waals surface area contributed by atoms with Crippen LogP contribution >= 0.6 is 0 Å². The minimum absolute atomic E-state index is 0.634. The van der Waals surface area contributed by atoms with E-state index < -0.39 is 0 Å². The molecule has 0 amide bonds. The summed E-state index contributed by atoms with van der Waals surface area (Å²) in [6.45, 7) is 2.27. The smallest absolute Gasteiger partial charge is 0.0537 e. The summed E-state index contributed by atoms with van der Waals surface area (Å²) < 4.78 is 0. The van der Waals surface area contributed by atoms with E-state index in [2.05, 4.69) is 72.9 Å². The lowest BCUT2D eigenvalue weighted by Gasteiger charge is -2.22. The summed E-state index contributed by atoms with van der Waals surface area (Å²) >= 11 is 0.